The van der Waals surface area contributed by atoms with Crippen molar-refractivity contribution < 1.29 is 64.3 Å². The topological polar surface area (TPSA) is 17.8 Å². The van der Waals surface area contributed by atoms with E-state index in [9.17, 15) is 12.9 Å². The Morgan fingerprint density at radius 2 is 2.12 bits per heavy atom. The van der Waals surface area contributed by atoms with E-state index in [4.69, 9.17) is 0 Å². The minimum absolute atomic E-state index is 0. The summed E-state index contributed by atoms with van der Waals surface area (Å²) in [7, 11) is 0. The standard InChI is InChI=1S/C8H7BF3N2S.K/c10-9(11,12)6-14-4-3-13-8(14)7-2-1-5-15-7;/h1-5H,6H2;/q-1;+1. The molecule has 0 aliphatic carbocycles. The Balaban J connectivity index is 0.00000128. The van der Waals surface area contributed by atoms with Gasteiger partial charge >= 0.3 is 58.4 Å². The number of thiophene rings is 1. The second-order valence-corrected chi connectivity index (χ2v) is 4.04. The van der Waals surface area contributed by atoms with E-state index in [-0.39, 0.29) is 51.4 Å². The molecule has 0 aromatic carbocycles. The van der Waals surface area contributed by atoms with Crippen LogP contribution in [-0.2, 0) is 6.44 Å². The van der Waals surface area contributed by atoms with Gasteiger partial charge in [-0.1, -0.05) is 6.07 Å². The zero-order valence-corrected chi connectivity index (χ0v) is 12.5. The van der Waals surface area contributed by atoms with Crippen LogP contribution in [0.1, 0.15) is 0 Å². The van der Waals surface area contributed by atoms with E-state index in [1.54, 1.807) is 12.1 Å². The van der Waals surface area contributed by atoms with Crippen molar-refractivity contribution in [3.05, 3.63) is 29.9 Å². The number of halogens is 3. The van der Waals surface area contributed by atoms with Crippen LogP contribution in [0.15, 0.2) is 29.9 Å². The van der Waals surface area contributed by atoms with Crippen LogP contribution in [0.3, 0.4) is 0 Å². The molecule has 80 valence electrons. The summed E-state index contributed by atoms with van der Waals surface area (Å²) < 4.78 is 37.9. The van der Waals surface area contributed by atoms with Gasteiger partial charge in [0.05, 0.1) is 4.88 Å². The van der Waals surface area contributed by atoms with Gasteiger partial charge in [0.2, 0.25) is 0 Å². The number of hydrogen-bond acceptors (Lipinski definition) is 2. The Labute approximate surface area is 137 Å². The van der Waals surface area contributed by atoms with Crippen molar-refractivity contribution in [3.8, 4) is 10.7 Å². The fraction of sp³-hybridized carbons (Fsp3) is 0.125. The molecule has 0 N–H and O–H groups in total. The first-order chi connectivity index (χ1) is 7.06. The average Bonchev–Trinajstić information content (AvgIpc) is 2.68. The summed E-state index contributed by atoms with van der Waals surface area (Å²) in [6.07, 6.45) is 1.80. The van der Waals surface area contributed by atoms with Crippen molar-refractivity contribution in [2.24, 2.45) is 0 Å². The van der Waals surface area contributed by atoms with Gasteiger partial charge in [0.25, 0.3) is 0 Å². The first-order valence-electron chi connectivity index (χ1n) is 4.32. The molecule has 0 fully saturated rings. The Bertz CT molecular complexity index is 440. The van der Waals surface area contributed by atoms with Crippen LogP contribution in [0.2, 0.25) is 0 Å². The van der Waals surface area contributed by atoms with Crippen LogP contribution in [0.25, 0.3) is 10.7 Å². The fourth-order valence-corrected chi connectivity index (χ4v) is 2.05. The summed E-state index contributed by atoms with van der Waals surface area (Å²) in [5, 5.41) is 1.81. The van der Waals surface area contributed by atoms with Gasteiger partial charge in [-0.2, -0.15) is 0 Å². The SMILES string of the molecule is F[B-](F)(F)Cn1ccnc1-c1cccs1.[K+]. The number of hydrogen-bond donors (Lipinski definition) is 0. The molecule has 2 aromatic rings. The van der Waals surface area contributed by atoms with Gasteiger partial charge < -0.3 is 17.5 Å². The zero-order chi connectivity index (χ0) is 10.9. The number of imidazole rings is 1. The summed E-state index contributed by atoms with van der Waals surface area (Å²) in [4.78, 5) is 4.68. The van der Waals surface area contributed by atoms with Crippen LogP contribution in [0, 0.1) is 0 Å². The third-order valence-electron chi connectivity index (χ3n) is 1.86. The second kappa shape index (κ2) is 5.83. The predicted octanol–water partition coefficient (Wildman–Crippen LogP) is 0.00220. The summed E-state index contributed by atoms with van der Waals surface area (Å²) in [5.74, 6) is 0.379. The maximum atomic E-state index is 12.3. The molecule has 2 aromatic heterocycles. The first kappa shape index (κ1) is 14.5. The van der Waals surface area contributed by atoms with E-state index in [2.05, 4.69) is 4.98 Å². The van der Waals surface area contributed by atoms with Gasteiger partial charge in [-0.05, 0) is 17.9 Å². The third kappa shape index (κ3) is 3.71. The van der Waals surface area contributed by atoms with Crippen molar-refractivity contribution in [1.29, 1.82) is 0 Å². The fourth-order valence-electron chi connectivity index (χ4n) is 1.31. The van der Waals surface area contributed by atoms with Crippen LogP contribution in [0.4, 0.5) is 12.9 Å². The normalized spacial score (nSPS) is 11.2. The molecule has 0 radical (unpaired) electrons. The van der Waals surface area contributed by atoms with Gasteiger partial charge in [0.1, 0.15) is 5.82 Å². The summed E-state index contributed by atoms with van der Waals surface area (Å²) in [6, 6.07) is 3.55. The smallest absolute Gasteiger partial charge is 0.448 e. The van der Waals surface area contributed by atoms with Crippen molar-refractivity contribution >= 4 is 18.3 Å². The maximum Gasteiger partial charge on any atom is 1.00 e. The summed E-state index contributed by atoms with van der Waals surface area (Å²) >= 11 is 1.38. The molecule has 0 amide bonds. The van der Waals surface area contributed by atoms with Gasteiger partial charge in [-0.15, -0.1) is 11.3 Å². The molecule has 0 saturated heterocycles. The van der Waals surface area contributed by atoms with Crippen LogP contribution in [0.5, 0.6) is 0 Å². The molecular formula is C8H7BF3KN2S. The Kier molecular flexibility index (Phi) is 5.27. The van der Waals surface area contributed by atoms with E-state index in [0.717, 1.165) is 9.44 Å². The Hall–Kier alpha value is 0.401. The molecule has 0 bridgehead atoms. The van der Waals surface area contributed by atoms with Crippen LogP contribution in [-0.4, -0.2) is 16.5 Å². The Morgan fingerprint density at radius 3 is 2.69 bits per heavy atom. The largest absolute Gasteiger partial charge is 1.00 e. The van der Waals surface area contributed by atoms with Crippen molar-refractivity contribution in [3.63, 3.8) is 0 Å². The quantitative estimate of drug-likeness (QED) is 0.718. The van der Waals surface area contributed by atoms with Crippen molar-refractivity contribution in [2.45, 2.75) is 6.44 Å². The number of nitrogens with zero attached hydrogens (tertiary/aromatic N) is 2. The summed E-state index contributed by atoms with van der Waals surface area (Å²) in [6.45, 7) is -4.83. The average molecular weight is 270 g/mol. The number of aromatic nitrogens is 2. The van der Waals surface area contributed by atoms with E-state index < -0.39 is 13.4 Å². The molecule has 0 saturated carbocycles. The molecule has 8 heteroatoms. The molecule has 0 aliphatic heterocycles. The Morgan fingerprint density at radius 1 is 1.38 bits per heavy atom. The van der Waals surface area contributed by atoms with Gasteiger partial charge in [0, 0.05) is 12.4 Å². The maximum absolute atomic E-state index is 12.3. The summed E-state index contributed by atoms with van der Waals surface area (Å²) in [5.41, 5.74) is 0. The van der Waals surface area contributed by atoms with Gasteiger partial charge in [-0.3, -0.25) is 0 Å². The molecule has 2 nitrogen and oxygen atoms in total. The molecule has 0 atom stereocenters. The second-order valence-electron chi connectivity index (χ2n) is 3.09. The monoisotopic (exact) mass is 270 g/mol. The van der Waals surface area contributed by atoms with Gasteiger partial charge in [-0.25, -0.2) is 4.98 Å². The molecule has 0 unspecified atom stereocenters. The van der Waals surface area contributed by atoms with Crippen molar-refractivity contribution in [1.82, 2.24) is 9.55 Å². The molecule has 0 aliphatic rings. The first-order valence-corrected chi connectivity index (χ1v) is 5.20. The minimum Gasteiger partial charge on any atom is -0.448 e. The van der Waals surface area contributed by atoms with E-state index >= 15 is 0 Å². The predicted molar refractivity (Wildman–Crippen MR) is 54.6 cm³/mol. The van der Waals surface area contributed by atoms with Crippen LogP contribution < -0.4 is 51.4 Å². The zero-order valence-electron chi connectivity index (χ0n) is 8.61. The molecule has 2 heterocycles. The van der Waals surface area contributed by atoms with E-state index in [1.165, 1.54) is 23.7 Å². The number of rotatable bonds is 3. The van der Waals surface area contributed by atoms with Gasteiger partial charge in [0.15, 0.2) is 0 Å². The van der Waals surface area contributed by atoms with E-state index in [1.807, 2.05) is 5.38 Å². The molecule has 2 rings (SSSR count). The molecule has 16 heavy (non-hydrogen) atoms. The van der Waals surface area contributed by atoms with Crippen LogP contribution >= 0.6 is 11.3 Å². The van der Waals surface area contributed by atoms with Crippen molar-refractivity contribution in [2.75, 3.05) is 0 Å². The third-order valence-corrected chi connectivity index (χ3v) is 2.73. The minimum atomic E-state index is -4.83. The van der Waals surface area contributed by atoms with E-state index in [0.29, 0.717) is 5.82 Å². The molecular weight excluding hydrogens is 263 g/mol. The molecule has 0 spiro atoms.